The van der Waals surface area contributed by atoms with E-state index in [1.807, 2.05) is 12.1 Å². The van der Waals surface area contributed by atoms with Gasteiger partial charge < -0.3 is 20.4 Å². The van der Waals surface area contributed by atoms with Crippen LogP contribution in [0.4, 0.5) is 11.4 Å². The lowest BCUT2D eigenvalue weighted by atomic mass is 10.1. The second-order valence-electron chi connectivity index (χ2n) is 8.13. The maximum atomic E-state index is 10.2. The highest BCUT2D eigenvalue weighted by Gasteiger charge is 2.24. The van der Waals surface area contributed by atoms with E-state index in [0.717, 1.165) is 80.1 Å². The number of aromatic nitrogens is 3. The maximum Gasteiger partial charge on any atom is 0.164 e. The number of benzene rings is 1. The second-order valence-corrected chi connectivity index (χ2v) is 8.13. The van der Waals surface area contributed by atoms with E-state index in [0.29, 0.717) is 11.2 Å². The number of fused-ring (bicyclic) bond motifs is 5. The average Bonchev–Trinajstić information content (AvgIpc) is 3.23. The van der Waals surface area contributed by atoms with E-state index in [9.17, 15) is 5.26 Å². The van der Waals surface area contributed by atoms with Gasteiger partial charge in [-0.3, -0.25) is 4.40 Å². The molecular weight excluding hydrogens is 388 g/mol. The molecule has 0 aliphatic carbocycles. The number of rotatable bonds is 2. The van der Waals surface area contributed by atoms with Crippen LogP contribution in [-0.2, 0) is 0 Å². The first kappa shape index (κ1) is 18.4. The smallest absolute Gasteiger partial charge is 0.164 e. The highest BCUT2D eigenvalue weighted by atomic mass is 15.2. The predicted molar refractivity (Wildman–Crippen MR) is 123 cm³/mol. The molecule has 0 atom stereocenters. The molecule has 2 fully saturated rings. The van der Waals surface area contributed by atoms with E-state index in [1.54, 1.807) is 6.20 Å². The molecule has 2 aliphatic heterocycles. The predicted octanol–water partition coefficient (Wildman–Crippen LogP) is 1.73. The minimum Gasteiger partial charge on any atom is -0.369 e. The Balaban J connectivity index is 1.70. The Hall–Kier alpha value is -3.41. The Morgan fingerprint density at radius 1 is 0.903 bits per heavy atom. The zero-order valence-electron chi connectivity index (χ0n) is 17.3. The third-order valence-electron chi connectivity index (χ3n) is 6.38. The van der Waals surface area contributed by atoms with Gasteiger partial charge >= 0.3 is 0 Å². The zero-order chi connectivity index (χ0) is 20.8. The Labute approximate surface area is 180 Å². The Kier molecular flexibility index (Phi) is 4.37. The fourth-order valence-corrected chi connectivity index (χ4v) is 4.89. The summed E-state index contributed by atoms with van der Waals surface area (Å²) in [5, 5.41) is 18.1. The highest BCUT2D eigenvalue weighted by molar-refractivity contribution is 6.03. The zero-order valence-corrected chi connectivity index (χ0v) is 17.3. The highest BCUT2D eigenvalue weighted by Crippen LogP contribution is 2.37. The minimum atomic E-state index is 0.627. The molecule has 0 saturated carbocycles. The van der Waals surface area contributed by atoms with Crippen LogP contribution >= 0.6 is 0 Å². The van der Waals surface area contributed by atoms with E-state index >= 15 is 0 Å². The number of pyridine rings is 2. The first-order valence-corrected chi connectivity index (χ1v) is 10.9. The van der Waals surface area contributed by atoms with Crippen molar-refractivity contribution in [3.63, 3.8) is 0 Å². The van der Waals surface area contributed by atoms with Crippen molar-refractivity contribution in [2.75, 3.05) is 62.2 Å². The molecular formula is C23H24N8. The van der Waals surface area contributed by atoms with Gasteiger partial charge in [-0.05, 0) is 30.3 Å². The van der Waals surface area contributed by atoms with Crippen molar-refractivity contribution in [3.8, 4) is 6.07 Å². The fraction of sp³-hybridized carbons (Fsp3) is 0.348. The summed E-state index contributed by atoms with van der Waals surface area (Å²) in [5.74, 6) is 0. The number of hydrogen-bond donors (Lipinski definition) is 2. The van der Waals surface area contributed by atoms with Gasteiger partial charge in [0, 0.05) is 69.6 Å². The van der Waals surface area contributed by atoms with Crippen LogP contribution in [0, 0.1) is 11.3 Å². The summed E-state index contributed by atoms with van der Waals surface area (Å²) in [6, 6.07) is 13.0. The molecule has 5 heterocycles. The standard InChI is InChI=1S/C23H24N8/c24-15-18-21(30-12-8-26-9-13-30)17-4-3-16(29-10-6-25-7-11-29)14-20(17)31-22(18)28-19-2-1-5-27-23(19)31/h1-5,14,25-26H,6-13H2. The number of nitriles is 1. The molecule has 156 valence electrons. The molecule has 2 N–H and O–H groups in total. The lowest BCUT2D eigenvalue weighted by Crippen LogP contribution is -2.44. The summed E-state index contributed by atoms with van der Waals surface area (Å²) in [7, 11) is 0. The fourth-order valence-electron chi connectivity index (χ4n) is 4.89. The maximum absolute atomic E-state index is 10.2. The van der Waals surface area contributed by atoms with Crippen LogP contribution in [0.5, 0.6) is 0 Å². The van der Waals surface area contributed by atoms with E-state index in [-0.39, 0.29) is 0 Å². The quantitative estimate of drug-likeness (QED) is 0.519. The number of imidazole rings is 1. The van der Waals surface area contributed by atoms with Crippen molar-refractivity contribution in [3.05, 3.63) is 42.1 Å². The van der Waals surface area contributed by atoms with Crippen molar-refractivity contribution < 1.29 is 0 Å². The van der Waals surface area contributed by atoms with Gasteiger partial charge in [-0.1, -0.05) is 0 Å². The molecule has 3 aromatic heterocycles. The van der Waals surface area contributed by atoms with Crippen LogP contribution in [0.1, 0.15) is 5.56 Å². The number of anilines is 2. The van der Waals surface area contributed by atoms with Crippen LogP contribution in [0.2, 0.25) is 0 Å². The molecule has 4 aromatic rings. The molecule has 0 bridgehead atoms. The van der Waals surface area contributed by atoms with Crippen LogP contribution < -0.4 is 20.4 Å². The molecule has 0 spiro atoms. The van der Waals surface area contributed by atoms with Crippen molar-refractivity contribution in [1.29, 1.82) is 5.26 Å². The first-order chi connectivity index (χ1) is 15.3. The monoisotopic (exact) mass is 412 g/mol. The largest absolute Gasteiger partial charge is 0.369 e. The van der Waals surface area contributed by atoms with Crippen molar-refractivity contribution in [1.82, 2.24) is 25.0 Å². The van der Waals surface area contributed by atoms with Crippen molar-refractivity contribution in [2.24, 2.45) is 0 Å². The molecule has 31 heavy (non-hydrogen) atoms. The molecule has 2 aliphatic rings. The summed E-state index contributed by atoms with van der Waals surface area (Å²) in [5.41, 5.74) is 6.17. The molecule has 0 radical (unpaired) electrons. The lowest BCUT2D eigenvalue weighted by molar-refractivity contribution is 0.589. The minimum absolute atomic E-state index is 0.627. The Bertz CT molecular complexity index is 1320. The molecule has 0 unspecified atom stereocenters. The summed E-state index contributed by atoms with van der Waals surface area (Å²) >= 11 is 0. The van der Waals surface area contributed by atoms with Crippen LogP contribution in [0.3, 0.4) is 0 Å². The normalized spacial score (nSPS) is 17.5. The van der Waals surface area contributed by atoms with E-state index in [2.05, 4.69) is 54.1 Å². The summed E-state index contributed by atoms with van der Waals surface area (Å²) in [6.45, 7) is 7.51. The Morgan fingerprint density at radius 3 is 2.39 bits per heavy atom. The van der Waals surface area contributed by atoms with Crippen LogP contribution in [0.25, 0.3) is 27.7 Å². The van der Waals surface area contributed by atoms with Gasteiger partial charge in [-0.15, -0.1) is 0 Å². The average molecular weight is 413 g/mol. The van der Waals surface area contributed by atoms with Crippen molar-refractivity contribution >= 4 is 39.1 Å². The third kappa shape index (κ3) is 2.89. The SMILES string of the molecule is N#Cc1c(N2CCNCC2)c2ccc(N3CCNCC3)cc2n2c1nc1cccnc12. The molecule has 2 saturated heterocycles. The topological polar surface area (TPSA) is 84.5 Å². The van der Waals surface area contributed by atoms with Gasteiger partial charge in [0.15, 0.2) is 11.3 Å². The number of nitrogens with zero attached hydrogens (tertiary/aromatic N) is 6. The van der Waals surface area contributed by atoms with Crippen molar-refractivity contribution in [2.45, 2.75) is 0 Å². The van der Waals surface area contributed by atoms with Crippen LogP contribution in [0.15, 0.2) is 36.5 Å². The second kappa shape index (κ2) is 7.38. The van der Waals surface area contributed by atoms with Gasteiger partial charge in [0.25, 0.3) is 0 Å². The van der Waals surface area contributed by atoms with E-state index in [4.69, 9.17) is 4.98 Å². The molecule has 0 amide bonds. The number of nitrogens with one attached hydrogen (secondary N) is 2. The van der Waals surface area contributed by atoms with E-state index < -0.39 is 0 Å². The Morgan fingerprint density at radius 2 is 1.65 bits per heavy atom. The first-order valence-electron chi connectivity index (χ1n) is 10.9. The summed E-state index contributed by atoms with van der Waals surface area (Å²) < 4.78 is 2.07. The molecule has 8 nitrogen and oxygen atoms in total. The number of piperazine rings is 2. The molecule has 8 heteroatoms. The van der Waals surface area contributed by atoms with Crippen LogP contribution in [-0.4, -0.2) is 66.7 Å². The molecule has 1 aromatic carbocycles. The van der Waals surface area contributed by atoms with Gasteiger partial charge in [0.1, 0.15) is 17.1 Å². The van der Waals surface area contributed by atoms with Gasteiger partial charge in [0.05, 0.1) is 11.2 Å². The molecule has 6 rings (SSSR count). The van der Waals surface area contributed by atoms with Gasteiger partial charge in [-0.25, -0.2) is 9.97 Å². The van der Waals surface area contributed by atoms with Gasteiger partial charge in [0.2, 0.25) is 0 Å². The lowest BCUT2D eigenvalue weighted by Gasteiger charge is -2.32. The summed E-state index contributed by atoms with van der Waals surface area (Å²) in [6.07, 6.45) is 1.79. The van der Waals surface area contributed by atoms with Gasteiger partial charge in [-0.2, -0.15) is 5.26 Å². The third-order valence-corrected chi connectivity index (χ3v) is 6.38. The number of hydrogen-bond acceptors (Lipinski definition) is 7. The van der Waals surface area contributed by atoms with E-state index in [1.165, 1.54) is 5.69 Å². The summed E-state index contributed by atoms with van der Waals surface area (Å²) in [4.78, 5) is 14.2.